The predicted molar refractivity (Wildman–Crippen MR) is 96.6 cm³/mol. The third-order valence-electron chi connectivity index (χ3n) is 3.65. The smallest absolute Gasteiger partial charge is 0.285 e. The average molecular weight is 362 g/mol. The van der Waals surface area contributed by atoms with Crippen LogP contribution in [0.2, 0.25) is 0 Å². The van der Waals surface area contributed by atoms with E-state index in [2.05, 4.69) is 9.71 Å². The monoisotopic (exact) mass is 362 g/mol. The summed E-state index contributed by atoms with van der Waals surface area (Å²) < 4.78 is 27.7. The second-order valence-corrected chi connectivity index (χ2v) is 8.44. The number of sulfonamides is 1. The third-order valence-corrected chi connectivity index (χ3v) is 5.03. The first-order valence-corrected chi connectivity index (χ1v) is 9.14. The topological polar surface area (TPSA) is 114 Å². The Morgan fingerprint density at radius 2 is 1.76 bits per heavy atom. The van der Waals surface area contributed by atoms with Crippen LogP contribution >= 0.6 is 0 Å². The first-order chi connectivity index (χ1) is 11.5. The lowest BCUT2D eigenvalue weighted by molar-refractivity contribution is 0.0949. The molecule has 0 fully saturated rings. The Labute approximate surface area is 147 Å². The van der Waals surface area contributed by atoms with Crippen molar-refractivity contribution in [3.8, 4) is 0 Å². The second-order valence-electron chi connectivity index (χ2n) is 6.76. The summed E-state index contributed by atoms with van der Waals surface area (Å²) in [6.45, 7) is 7.88. The largest absolute Gasteiger partial charge is 0.289 e. The summed E-state index contributed by atoms with van der Waals surface area (Å²) in [6, 6.07) is 8.15. The number of nitrogens with two attached hydrogens (primary N) is 1. The van der Waals surface area contributed by atoms with Crippen LogP contribution in [0.5, 0.6) is 0 Å². The Morgan fingerprint density at radius 1 is 1.16 bits per heavy atom. The minimum absolute atomic E-state index is 0.0721. The Morgan fingerprint density at radius 3 is 2.28 bits per heavy atom. The fourth-order valence-corrected chi connectivity index (χ4v) is 3.29. The number of hydrogen-bond acceptors (Lipinski definition) is 5. The molecule has 1 amide bonds. The van der Waals surface area contributed by atoms with E-state index in [-0.39, 0.29) is 21.7 Å². The summed E-state index contributed by atoms with van der Waals surface area (Å²) in [5.74, 6) is 4.45. The van der Waals surface area contributed by atoms with Crippen molar-refractivity contribution in [1.82, 2.24) is 10.4 Å². The van der Waals surface area contributed by atoms with Crippen molar-refractivity contribution in [2.45, 2.75) is 38.0 Å². The molecule has 1 aromatic heterocycles. The molecular formula is C17H22N4O3S. The zero-order valence-corrected chi connectivity index (χ0v) is 15.4. The number of carbonyl (C=O) groups excluding carboxylic acids is 1. The van der Waals surface area contributed by atoms with Crippen LogP contribution in [0.15, 0.2) is 41.4 Å². The normalized spacial score (nSPS) is 11.9. The van der Waals surface area contributed by atoms with E-state index < -0.39 is 15.9 Å². The SMILES string of the molecule is Cc1cnc(C(=O)NN)c(NS(=O)(=O)c2ccc(C(C)(C)C)cc2)c1. The van der Waals surface area contributed by atoms with Gasteiger partial charge >= 0.3 is 0 Å². The van der Waals surface area contributed by atoms with Gasteiger partial charge in [-0.05, 0) is 41.7 Å². The number of pyridine rings is 1. The van der Waals surface area contributed by atoms with Crippen molar-refractivity contribution in [1.29, 1.82) is 0 Å². The number of rotatable bonds is 4. The highest BCUT2D eigenvalue weighted by molar-refractivity contribution is 7.92. The number of aryl methyl sites for hydroxylation is 1. The summed E-state index contributed by atoms with van der Waals surface area (Å²) in [7, 11) is -3.87. The molecule has 2 rings (SSSR count). The standard InChI is InChI=1S/C17H22N4O3S/c1-11-9-14(15(19-10-11)16(22)20-18)21-25(23,24)13-7-5-12(6-8-13)17(2,3)4/h5-10,21H,18H2,1-4H3,(H,20,22). The van der Waals surface area contributed by atoms with Crippen LogP contribution in [0.1, 0.15) is 42.4 Å². The number of amides is 1. The Kier molecular flexibility index (Phi) is 5.15. The van der Waals surface area contributed by atoms with Gasteiger partial charge in [-0.15, -0.1) is 0 Å². The van der Waals surface area contributed by atoms with Gasteiger partial charge in [0, 0.05) is 6.20 Å². The van der Waals surface area contributed by atoms with E-state index in [9.17, 15) is 13.2 Å². The van der Waals surface area contributed by atoms with Crippen LogP contribution < -0.4 is 16.0 Å². The molecule has 25 heavy (non-hydrogen) atoms. The van der Waals surface area contributed by atoms with Gasteiger partial charge in [-0.3, -0.25) is 14.9 Å². The van der Waals surface area contributed by atoms with E-state index in [1.165, 1.54) is 24.4 Å². The molecule has 8 heteroatoms. The number of hydrogen-bond donors (Lipinski definition) is 3. The van der Waals surface area contributed by atoms with E-state index in [4.69, 9.17) is 5.84 Å². The van der Waals surface area contributed by atoms with Crippen LogP contribution in [-0.4, -0.2) is 19.3 Å². The number of nitrogens with zero attached hydrogens (tertiary/aromatic N) is 1. The van der Waals surface area contributed by atoms with Gasteiger partial charge in [0.15, 0.2) is 5.69 Å². The fraction of sp³-hybridized carbons (Fsp3) is 0.294. The van der Waals surface area contributed by atoms with E-state index in [1.54, 1.807) is 19.1 Å². The first kappa shape index (κ1) is 18.9. The zero-order chi connectivity index (χ0) is 18.8. The molecule has 1 aromatic carbocycles. The van der Waals surface area contributed by atoms with Crippen LogP contribution in [0.25, 0.3) is 0 Å². The molecule has 0 saturated carbocycles. The first-order valence-electron chi connectivity index (χ1n) is 7.65. The number of nitrogens with one attached hydrogen (secondary N) is 2. The lowest BCUT2D eigenvalue weighted by Crippen LogP contribution is -2.32. The van der Waals surface area contributed by atoms with Gasteiger partial charge < -0.3 is 0 Å². The van der Waals surface area contributed by atoms with E-state index in [0.29, 0.717) is 5.56 Å². The number of nitrogen functional groups attached to an aromatic ring is 1. The van der Waals surface area contributed by atoms with Crippen molar-refractivity contribution >= 4 is 21.6 Å². The van der Waals surface area contributed by atoms with E-state index >= 15 is 0 Å². The maximum absolute atomic E-state index is 12.6. The molecule has 0 aliphatic carbocycles. The highest BCUT2D eigenvalue weighted by Gasteiger charge is 2.21. The maximum atomic E-state index is 12.6. The Balaban J connectivity index is 2.39. The van der Waals surface area contributed by atoms with Gasteiger partial charge in [0.1, 0.15) is 0 Å². The molecular weight excluding hydrogens is 340 g/mol. The number of aromatic nitrogens is 1. The van der Waals surface area contributed by atoms with E-state index in [0.717, 1.165) is 5.56 Å². The average Bonchev–Trinajstić information content (AvgIpc) is 2.53. The van der Waals surface area contributed by atoms with Crippen LogP contribution in [0.4, 0.5) is 5.69 Å². The molecule has 2 aromatic rings. The number of anilines is 1. The lowest BCUT2D eigenvalue weighted by Gasteiger charge is -2.19. The summed E-state index contributed by atoms with van der Waals surface area (Å²) >= 11 is 0. The third kappa shape index (κ3) is 4.34. The van der Waals surface area contributed by atoms with Crippen molar-refractivity contribution in [3.63, 3.8) is 0 Å². The molecule has 4 N–H and O–H groups in total. The van der Waals surface area contributed by atoms with Crippen molar-refractivity contribution in [2.75, 3.05) is 4.72 Å². The molecule has 0 atom stereocenters. The number of hydrazine groups is 1. The molecule has 0 bridgehead atoms. The summed E-state index contributed by atoms with van der Waals surface area (Å²) in [5, 5.41) is 0. The number of carbonyl (C=O) groups is 1. The molecule has 0 unspecified atom stereocenters. The molecule has 0 aliphatic heterocycles. The van der Waals surface area contributed by atoms with Gasteiger partial charge in [-0.1, -0.05) is 32.9 Å². The maximum Gasteiger partial charge on any atom is 0.285 e. The van der Waals surface area contributed by atoms with Crippen molar-refractivity contribution in [3.05, 3.63) is 53.3 Å². The van der Waals surface area contributed by atoms with Crippen LogP contribution in [0, 0.1) is 6.92 Å². The molecule has 0 radical (unpaired) electrons. The summed E-state index contributed by atoms with van der Waals surface area (Å²) in [4.78, 5) is 15.8. The molecule has 0 saturated heterocycles. The van der Waals surface area contributed by atoms with E-state index in [1.807, 2.05) is 26.2 Å². The lowest BCUT2D eigenvalue weighted by atomic mass is 9.87. The van der Waals surface area contributed by atoms with Crippen LogP contribution in [0.3, 0.4) is 0 Å². The molecule has 0 aliphatic rings. The number of benzene rings is 1. The van der Waals surface area contributed by atoms with Crippen LogP contribution in [-0.2, 0) is 15.4 Å². The Bertz CT molecular complexity index is 885. The highest BCUT2D eigenvalue weighted by Crippen LogP contribution is 2.25. The van der Waals surface area contributed by atoms with Gasteiger partial charge in [0.05, 0.1) is 10.6 Å². The highest BCUT2D eigenvalue weighted by atomic mass is 32.2. The minimum Gasteiger partial charge on any atom is -0.289 e. The Hall–Kier alpha value is -2.45. The quantitative estimate of drug-likeness (QED) is 0.438. The predicted octanol–water partition coefficient (Wildman–Crippen LogP) is 2.09. The van der Waals surface area contributed by atoms with Gasteiger partial charge in [-0.2, -0.15) is 0 Å². The molecule has 134 valence electrons. The minimum atomic E-state index is -3.87. The summed E-state index contributed by atoms with van der Waals surface area (Å²) in [6.07, 6.45) is 1.46. The van der Waals surface area contributed by atoms with Gasteiger partial charge in [-0.25, -0.2) is 19.2 Å². The van der Waals surface area contributed by atoms with Crippen molar-refractivity contribution < 1.29 is 13.2 Å². The molecule has 0 spiro atoms. The second kappa shape index (κ2) is 6.81. The molecule has 1 heterocycles. The van der Waals surface area contributed by atoms with Crippen molar-refractivity contribution in [2.24, 2.45) is 5.84 Å². The fourth-order valence-electron chi connectivity index (χ4n) is 2.23. The molecule has 7 nitrogen and oxygen atoms in total. The zero-order valence-electron chi connectivity index (χ0n) is 14.6. The van der Waals surface area contributed by atoms with Gasteiger partial charge in [0.25, 0.3) is 15.9 Å². The summed E-state index contributed by atoms with van der Waals surface area (Å²) in [5.41, 5.74) is 3.57. The van der Waals surface area contributed by atoms with Gasteiger partial charge in [0.2, 0.25) is 0 Å².